The molecule has 1 aromatic carbocycles. The zero-order chi connectivity index (χ0) is 14.1. The Hall–Kier alpha value is -1.51. The minimum Gasteiger partial charge on any atom is -0.494 e. The summed E-state index contributed by atoms with van der Waals surface area (Å²) in [4.78, 5) is 10.8. The van der Waals surface area contributed by atoms with Gasteiger partial charge in [0.2, 0.25) is 0 Å². The smallest absolute Gasteiger partial charge is 0.335 e. The first-order chi connectivity index (χ1) is 8.47. The van der Waals surface area contributed by atoms with E-state index in [2.05, 4.69) is 27.7 Å². The van der Waals surface area contributed by atoms with Gasteiger partial charge in [-0.1, -0.05) is 40.2 Å². The molecule has 0 aliphatic rings. The first-order valence-corrected chi connectivity index (χ1v) is 6.47. The summed E-state index contributed by atoms with van der Waals surface area (Å²) in [5.41, 5.74) is 1.31. The molecule has 0 amide bonds. The van der Waals surface area contributed by atoms with Crippen LogP contribution >= 0.6 is 0 Å². The number of carboxylic acid groups (broad SMARTS) is 1. The van der Waals surface area contributed by atoms with Gasteiger partial charge in [0.1, 0.15) is 5.75 Å². The van der Waals surface area contributed by atoms with Crippen molar-refractivity contribution in [3.63, 3.8) is 0 Å². The summed E-state index contributed by atoms with van der Waals surface area (Å²) in [6, 6.07) is 5.01. The molecule has 1 N–H and O–H groups in total. The number of rotatable bonds is 4. The van der Waals surface area contributed by atoms with Crippen molar-refractivity contribution in [2.24, 2.45) is 0 Å². The van der Waals surface area contributed by atoms with E-state index in [9.17, 15) is 4.79 Å². The lowest BCUT2D eigenvalue weighted by molar-refractivity contribution is 0.0696. The summed E-state index contributed by atoms with van der Waals surface area (Å²) in [6.45, 7) is 10.8. The third kappa shape index (κ3) is 5.21. The minimum atomic E-state index is -0.925. The van der Waals surface area contributed by atoms with Gasteiger partial charge in [-0.05, 0) is 30.5 Å². The van der Waals surface area contributed by atoms with Gasteiger partial charge in [0.05, 0.1) is 12.2 Å². The molecule has 0 unspecified atom stereocenters. The SMILES string of the molecule is CCC.CCOc1cc(C(=O)O)ccc1C(C)C. The van der Waals surface area contributed by atoms with E-state index in [0.29, 0.717) is 18.3 Å². The molecule has 0 saturated carbocycles. The largest absolute Gasteiger partial charge is 0.494 e. The summed E-state index contributed by atoms with van der Waals surface area (Å²) in [7, 11) is 0. The molecule has 0 aromatic heterocycles. The summed E-state index contributed by atoms with van der Waals surface area (Å²) in [5.74, 6) is 0.0769. The molecule has 1 rings (SSSR count). The van der Waals surface area contributed by atoms with E-state index in [1.54, 1.807) is 12.1 Å². The predicted molar refractivity (Wildman–Crippen MR) is 74.6 cm³/mol. The quantitative estimate of drug-likeness (QED) is 0.867. The van der Waals surface area contributed by atoms with Crippen LogP contribution in [0.5, 0.6) is 5.75 Å². The minimum absolute atomic E-state index is 0.267. The van der Waals surface area contributed by atoms with Gasteiger partial charge in [0.15, 0.2) is 0 Å². The Morgan fingerprint density at radius 2 is 1.83 bits per heavy atom. The van der Waals surface area contributed by atoms with Gasteiger partial charge < -0.3 is 9.84 Å². The van der Waals surface area contributed by atoms with Gasteiger partial charge in [-0.2, -0.15) is 0 Å². The Morgan fingerprint density at radius 1 is 1.28 bits per heavy atom. The van der Waals surface area contributed by atoms with Crippen molar-refractivity contribution in [2.75, 3.05) is 6.61 Å². The number of hydrogen-bond acceptors (Lipinski definition) is 2. The van der Waals surface area contributed by atoms with Crippen LogP contribution < -0.4 is 4.74 Å². The van der Waals surface area contributed by atoms with E-state index in [4.69, 9.17) is 9.84 Å². The first kappa shape index (κ1) is 16.5. The van der Waals surface area contributed by atoms with Crippen LogP contribution in [0.25, 0.3) is 0 Å². The highest BCUT2D eigenvalue weighted by molar-refractivity contribution is 5.88. The molecule has 0 fully saturated rings. The van der Waals surface area contributed by atoms with Crippen molar-refractivity contribution in [1.29, 1.82) is 0 Å². The van der Waals surface area contributed by atoms with E-state index >= 15 is 0 Å². The maximum Gasteiger partial charge on any atom is 0.335 e. The van der Waals surface area contributed by atoms with Gasteiger partial charge >= 0.3 is 5.97 Å². The molecule has 0 aliphatic heterocycles. The molecular formula is C15H24O3. The van der Waals surface area contributed by atoms with E-state index in [1.165, 1.54) is 6.42 Å². The van der Waals surface area contributed by atoms with Gasteiger partial charge in [-0.3, -0.25) is 0 Å². The molecule has 0 radical (unpaired) electrons. The normalized spacial score (nSPS) is 9.67. The predicted octanol–water partition coefficient (Wildman–Crippen LogP) is 4.32. The maximum absolute atomic E-state index is 10.8. The number of benzene rings is 1. The van der Waals surface area contributed by atoms with Gasteiger partial charge in [-0.15, -0.1) is 0 Å². The Labute approximate surface area is 110 Å². The van der Waals surface area contributed by atoms with E-state index in [1.807, 2.05) is 13.0 Å². The van der Waals surface area contributed by atoms with Crippen molar-refractivity contribution < 1.29 is 14.6 Å². The molecule has 0 atom stereocenters. The van der Waals surface area contributed by atoms with Crippen molar-refractivity contribution >= 4 is 5.97 Å². The van der Waals surface area contributed by atoms with Crippen LogP contribution in [0.4, 0.5) is 0 Å². The average molecular weight is 252 g/mol. The van der Waals surface area contributed by atoms with Crippen LogP contribution in [0.3, 0.4) is 0 Å². The van der Waals surface area contributed by atoms with Gasteiger partial charge in [0, 0.05) is 0 Å². The fourth-order valence-electron chi connectivity index (χ4n) is 1.42. The van der Waals surface area contributed by atoms with Crippen molar-refractivity contribution in [3.8, 4) is 5.75 Å². The Kier molecular flexibility index (Phi) is 7.84. The Balaban J connectivity index is 0.000000873. The lowest BCUT2D eigenvalue weighted by Crippen LogP contribution is -2.02. The topological polar surface area (TPSA) is 46.5 Å². The molecule has 0 aliphatic carbocycles. The molecule has 1 aromatic rings. The molecule has 102 valence electrons. The van der Waals surface area contributed by atoms with Crippen molar-refractivity contribution in [1.82, 2.24) is 0 Å². The fourth-order valence-corrected chi connectivity index (χ4v) is 1.42. The van der Waals surface area contributed by atoms with Crippen LogP contribution in [-0.4, -0.2) is 17.7 Å². The number of carboxylic acids is 1. The monoisotopic (exact) mass is 252 g/mol. The lowest BCUT2D eigenvalue weighted by Gasteiger charge is -2.13. The molecule has 18 heavy (non-hydrogen) atoms. The highest BCUT2D eigenvalue weighted by atomic mass is 16.5. The standard InChI is InChI=1S/C12H16O3.C3H8/c1-4-15-11-7-9(12(13)14)5-6-10(11)8(2)3;1-3-2/h5-8H,4H2,1-3H3,(H,13,14);3H2,1-2H3. The summed E-state index contributed by atoms with van der Waals surface area (Å²) < 4.78 is 5.43. The van der Waals surface area contributed by atoms with Crippen molar-refractivity contribution in [3.05, 3.63) is 29.3 Å². The zero-order valence-corrected chi connectivity index (χ0v) is 12.0. The number of carbonyl (C=O) groups is 1. The second-order valence-electron chi connectivity index (χ2n) is 4.35. The van der Waals surface area contributed by atoms with Crippen LogP contribution in [0, 0.1) is 0 Å². The third-order valence-electron chi connectivity index (χ3n) is 2.18. The molecular weight excluding hydrogens is 228 g/mol. The molecule has 3 heteroatoms. The number of hydrogen-bond donors (Lipinski definition) is 1. The van der Waals surface area contributed by atoms with Gasteiger partial charge in [-0.25, -0.2) is 4.79 Å². The van der Waals surface area contributed by atoms with Gasteiger partial charge in [0.25, 0.3) is 0 Å². The fraction of sp³-hybridized carbons (Fsp3) is 0.533. The van der Waals surface area contributed by atoms with E-state index in [0.717, 1.165) is 5.56 Å². The van der Waals surface area contributed by atoms with Crippen LogP contribution in [0.2, 0.25) is 0 Å². The van der Waals surface area contributed by atoms with E-state index < -0.39 is 5.97 Å². The zero-order valence-electron chi connectivity index (χ0n) is 12.0. The summed E-state index contributed by atoms with van der Waals surface area (Å²) >= 11 is 0. The van der Waals surface area contributed by atoms with Crippen LogP contribution in [0.1, 0.15) is 62.9 Å². The third-order valence-corrected chi connectivity index (χ3v) is 2.18. The molecule has 3 nitrogen and oxygen atoms in total. The van der Waals surface area contributed by atoms with Crippen LogP contribution in [0.15, 0.2) is 18.2 Å². The molecule has 0 spiro atoms. The second-order valence-corrected chi connectivity index (χ2v) is 4.35. The molecule has 0 bridgehead atoms. The summed E-state index contributed by atoms with van der Waals surface area (Å²) in [6.07, 6.45) is 1.25. The maximum atomic E-state index is 10.8. The average Bonchev–Trinajstić information content (AvgIpc) is 2.30. The van der Waals surface area contributed by atoms with E-state index in [-0.39, 0.29) is 5.56 Å². The molecule has 0 heterocycles. The Morgan fingerprint density at radius 3 is 2.22 bits per heavy atom. The lowest BCUT2D eigenvalue weighted by atomic mass is 10.0. The number of aromatic carboxylic acids is 1. The Bertz CT molecular complexity index is 370. The number of ether oxygens (including phenoxy) is 1. The highest BCUT2D eigenvalue weighted by Crippen LogP contribution is 2.27. The summed E-state index contributed by atoms with van der Waals surface area (Å²) in [5, 5.41) is 8.85. The highest BCUT2D eigenvalue weighted by Gasteiger charge is 2.11. The molecule has 0 saturated heterocycles. The van der Waals surface area contributed by atoms with Crippen LogP contribution in [-0.2, 0) is 0 Å². The van der Waals surface area contributed by atoms with Crippen molar-refractivity contribution in [2.45, 2.75) is 47.0 Å². The first-order valence-electron chi connectivity index (χ1n) is 6.47. The second kappa shape index (κ2) is 8.56.